The van der Waals surface area contributed by atoms with Crippen LogP contribution in [0.15, 0.2) is 36.4 Å². The molecule has 172 valence electrons. The minimum Gasteiger partial charge on any atom is -0.469 e. The molecule has 0 aromatic heterocycles. The second kappa shape index (κ2) is 8.28. The Morgan fingerprint density at radius 1 is 1.16 bits per heavy atom. The van der Waals surface area contributed by atoms with Crippen LogP contribution in [0.1, 0.15) is 38.2 Å². The predicted octanol–water partition coefficient (Wildman–Crippen LogP) is 3.12. The van der Waals surface area contributed by atoms with E-state index in [1.54, 1.807) is 6.08 Å². The topological polar surface area (TPSA) is 83.6 Å². The standard InChI is InChI=1S/C25H30O7/c1-16-14-29-25(13-21(16)31-22(26)11-8-17-6-4-3-5-7-17)24(15-30-24)19-10-9-18(23(27)28-2)12-20(19)32-25/h3-8,11,16,18-21H,9-10,12-15H2,1-2H3/b11-8+/t16-,18+,19+,20-,21+,24-,25+/m0/s1. The lowest BCUT2D eigenvalue weighted by Crippen LogP contribution is -2.55. The van der Waals surface area contributed by atoms with Crippen molar-refractivity contribution in [3.63, 3.8) is 0 Å². The lowest BCUT2D eigenvalue weighted by atomic mass is 9.72. The third-order valence-corrected chi connectivity index (χ3v) is 7.53. The van der Waals surface area contributed by atoms with Crippen molar-refractivity contribution in [2.45, 2.75) is 56.2 Å². The Morgan fingerprint density at radius 3 is 2.66 bits per heavy atom. The zero-order chi connectivity index (χ0) is 22.3. The van der Waals surface area contributed by atoms with Crippen LogP contribution in [0, 0.1) is 17.8 Å². The van der Waals surface area contributed by atoms with Crippen molar-refractivity contribution in [3.05, 3.63) is 42.0 Å². The Labute approximate surface area is 188 Å². The molecule has 7 heteroatoms. The number of hydrogen-bond acceptors (Lipinski definition) is 7. The van der Waals surface area contributed by atoms with Crippen LogP contribution >= 0.6 is 0 Å². The van der Waals surface area contributed by atoms with E-state index in [9.17, 15) is 9.59 Å². The molecular formula is C25H30O7. The van der Waals surface area contributed by atoms with Crippen LogP contribution < -0.4 is 0 Å². The van der Waals surface area contributed by atoms with E-state index in [2.05, 4.69) is 0 Å². The first kappa shape index (κ1) is 21.6. The molecule has 3 saturated heterocycles. The van der Waals surface area contributed by atoms with E-state index >= 15 is 0 Å². The summed E-state index contributed by atoms with van der Waals surface area (Å²) in [5.41, 5.74) is 0.429. The van der Waals surface area contributed by atoms with Crippen molar-refractivity contribution in [3.8, 4) is 0 Å². The number of benzene rings is 1. The van der Waals surface area contributed by atoms with Crippen LogP contribution in [0.5, 0.6) is 0 Å². The van der Waals surface area contributed by atoms with E-state index in [1.165, 1.54) is 13.2 Å². The molecule has 4 fully saturated rings. The zero-order valence-corrected chi connectivity index (χ0v) is 18.5. The largest absolute Gasteiger partial charge is 0.469 e. The Morgan fingerprint density at radius 2 is 1.94 bits per heavy atom. The number of epoxide rings is 1. The summed E-state index contributed by atoms with van der Waals surface area (Å²) >= 11 is 0. The van der Waals surface area contributed by atoms with E-state index in [0.717, 1.165) is 18.4 Å². The molecule has 1 aromatic carbocycles. The van der Waals surface area contributed by atoms with Crippen molar-refractivity contribution in [1.82, 2.24) is 0 Å². The number of carbonyl (C=O) groups excluding carboxylic acids is 2. The highest BCUT2D eigenvalue weighted by Crippen LogP contribution is 2.62. The van der Waals surface area contributed by atoms with E-state index < -0.39 is 11.4 Å². The van der Waals surface area contributed by atoms with Crippen molar-refractivity contribution < 1.29 is 33.3 Å². The molecule has 7 atom stereocenters. The van der Waals surface area contributed by atoms with E-state index in [4.69, 9.17) is 23.7 Å². The highest BCUT2D eigenvalue weighted by molar-refractivity contribution is 5.87. The molecule has 1 aliphatic carbocycles. The van der Waals surface area contributed by atoms with Gasteiger partial charge in [-0.2, -0.15) is 0 Å². The first-order chi connectivity index (χ1) is 15.5. The van der Waals surface area contributed by atoms with Crippen LogP contribution in [0.2, 0.25) is 0 Å². The molecule has 4 aliphatic rings. The predicted molar refractivity (Wildman–Crippen MR) is 114 cm³/mol. The fourth-order valence-electron chi connectivity index (χ4n) is 5.66. The molecule has 0 amide bonds. The number of esters is 2. The Hall–Kier alpha value is -2.22. The van der Waals surface area contributed by atoms with Gasteiger partial charge in [0, 0.05) is 24.3 Å². The van der Waals surface area contributed by atoms with Crippen molar-refractivity contribution in [2.24, 2.45) is 17.8 Å². The maximum absolute atomic E-state index is 12.5. The van der Waals surface area contributed by atoms with Crippen LogP contribution in [0.4, 0.5) is 0 Å². The van der Waals surface area contributed by atoms with E-state index in [-0.39, 0.29) is 41.9 Å². The van der Waals surface area contributed by atoms with Gasteiger partial charge in [0.15, 0.2) is 5.60 Å². The minimum atomic E-state index is -0.937. The maximum Gasteiger partial charge on any atom is 0.331 e. The summed E-state index contributed by atoms with van der Waals surface area (Å²) in [5, 5.41) is 0. The number of fused-ring (bicyclic) bond motifs is 3. The van der Waals surface area contributed by atoms with Crippen molar-refractivity contribution in [1.29, 1.82) is 0 Å². The molecule has 7 nitrogen and oxygen atoms in total. The van der Waals surface area contributed by atoms with Crippen LogP contribution in [-0.4, -0.2) is 55.9 Å². The van der Waals surface area contributed by atoms with Gasteiger partial charge in [-0.05, 0) is 30.9 Å². The number of hydrogen-bond donors (Lipinski definition) is 0. The highest BCUT2D eigenvalue weighted by Gasteiger charge is 2.76. The quantitative estimate of drug-likeness (QED) is 0.402. The van der Waals surface area contributed by atoms with Crippen LogP contribution in [-0.2, 0) is 33.3 Å². The fourth-order valence-corrected chi connectivity index (χ4v) is 5.66. The van der Waals surface area contributed by atoms with Crippen LogP contribution in [0.25, 0.3) is 6.08 Å². The lowest BCUT2D eigenvalue weighted by molar-refractivity contribution is -0.293. The Bertz CT molecular complexity index is 893. The number of carbonyl (C=O) groups is 2. The zero-order valence-electron chi connectivity index (χ0n) is 18.5. The average Bonchev–Trinajstić information content (AvgIpc) is 3.58. The van der Waals surface area contributed by atoms with Gasteiger partial charge in [-0.25, -0.2) is 4.79 Å². The van der Waals surface area contributed by atoms with Gasteiger partial charge >= 0.3 is 11.9 Å². The molecule has 1 saturated carbocycles. The van der Waals surface area contributed by atoms with Gasteiger partial charge in [0.2, 0.25) is 5.79 Å². The monoisotopic (exact) mass is 442 g/mol. The second-order valence-electron chi connectivity index (χ2n) is 9.44. The van der Waals surface area contributed by atoms with Gasteiger partial charge in [0.1, 0.15) is 6.10 Å². The van der Waals surface area contributed by atoms with Gasteiger partial charge in [-0.15, -0.1) is 0 Å². The molecule has 3 heterocycles. The molecule has 1 aromatic rings. The Balaban J connectivity index is 1.29. The second-order valence-corrected chi connectivity index (χ2v) is 9.44. The van der Waals surface area contributed by atoms with Gasteiger partial charge < -0.3 is 23.7 Å². The first-order valence-corrected chi connectivity index (χ1v) is 11.4. The summed E-state index contributed by atoms with van der Waals surface area (Å²) in [4.78, 5) is 24.6. The van der Waals surface area contributed by atoms with Gasteiger partial charge in [0.05, 0.1) is 32.3 Å². The average molecular weight is 443 g/mol. The van der Waals surface area contributed by atoms with Crippen molar-refractivity contribution in [2.75, 3.05) is 20.3 Å². The van der Waals surface area contributed by atoms with E-state index in [1.807, 2.05) is 37.3 Å². The summed E-state index contributed by atoms with van der Waals surface area (Å²) in [6.45, 7) is 3.01. The molecule has 32 heavy (non-hydrogen) atoms. The number of methoxy groups -OCH3 is 1. The van der Waals surface area contributed by atoms with Gasteiger partial charge in [-0.3, -0.25) is 4.79 Å². The number of rotatable bonds is 4. The SMILES string of the molecule is COC(=O)[C@@H]1CC[C@@H]2[C@H](C1)O[C@]1(C[C@@H](OC(=O)/C=C/c3ccccc3)[C@@H](C)CO1)[C@]21CO1. The molecular weight excluding hydrogens is 412 g/mol. The summed E-state index contributed by atoms with van der Waals surface area (Å²) < 4.78 is 29.6. The fraction of sp³-hybridized carbons (Fsp3) is 0.600. The van der Waals surface area contributed by atoms with Crippen molar-refractivity contribution >= 4 is 18.0 Å². The van der Waals surface area contributed by atoms with Gasteiger partial charge in [-0.1, -0.05) is 37.3 Å². The summed E-state index contributed by atoms with van der Waals surface area (Å²) in [6.07, 6.45) is 5.37. The first-order valence-electron chi connectivity index (χ1n) is 11.4. The summed E-state index contributed by atoms with van der Waals surface area (Å²) in [6, 6.07) is 9.64. The summed E-state index contributed by atoms with van der Waals surface area (Å²) in [5.74, 6) is -1.45. The summed E-state index contributed by atoms with van der Waals surface area (Å²) in [7, 11) is 1.42. The smallest absolute Gasteiger partial charge is 0.331 e. The maximum atomic E-state index is 12.5. The number of ether oxygens (including phenoxy) is 5. The van der Waals surface area contributed by atoms with Crippen LogP contribution in [0.3, 0.4) is 0 Å². The van der Waals surface area contributed by atoms with E-state index in [0.29, 0.717) is 26.1 Å². The molecule has 3 aliphatic heterocycles. The lowest BCUT2D eigenvalue weighted by Gasteiger charge is -2.42. The third kappa shape index (κ3) is 3.66. The highest BCUT2D eigenvalue weighted by atomic mass is 16.8. The molecule has 0 unspecified atom stereocenters. The molecule has 0 N–H and O–H groups in total. The van der Waals surface area contributed by atoms with Gasteiger partial charge in [0.25, 0.3) is 0 Å². The molecule has 5 rings (SSSR count). The molecule has 2 spiro atoms. The normalized spacial score (nSPS) is 40.4. The third-order valence-electron chi connectivity index (χ3n) is 7.53. The molecule has 0 bridgehead atoms. The minimum absolute atomic E-state index is 0.0412. The Kier molecular flexibility index (Phi) is 5.60. The molecule has 0 radical (unpaired) electrons.